The summed E-state index contributed by atoms with van der Waals surface area (Å²) in [5.41, 5.74) is 0. The number of ether oxygens (including phenoxy) is 1. The van der Waals surface area contributed by atoms with Crippen molar-refractivity contribution in [3.8, 4) is 5.75 Å². The van der Waals surface area contributed by atoms with Gasteiger partial charge in [-0.25, -0.2) is 0 Å². The van der Waals surface area contributed by atoms with E-state index in [1.54, 1.807) is 25.1 Å². The van der Waals surface area contributed by atoms with Crippen LogP contribution in [0.1, 0.15) is 45.4 Å². The van der Waals surface area contributed by atoms with E-state index in [9.17, 15) is 4.79 Å². The number of carbonyl (C=O) groups excluding carboxylic acids is 1. The predicted octanol–water partition coefficient (Wildman–Crippen LogP) is 3.95. The molecular formula is C16H22ClNO2. The van der Waals surface area contributed by atoms with Crippen molar-refractivity contribution < 1.29 is 9.53 Å². The van der Waals surface area contributed by atoms with Gasteiger partial charge in [0.25, 0.3) is 5.91 Å². The molecule has 0 aliphatic heterocycles. The molecule has 4 heteroatoms. The first-order chi connectivity index (χ1) is 9.65. The van der Waals surface area contributed by atoms with E-state index in [0.717, 1.165) is 12.8 Å². The highest BCUT2D eigenvalue weighted by Gasteiger charge is 2.20. The first kappa shape index (κ1) is 15.2. The molecule has 0 radical (unpaired) electrons. The van der Waals surface area contributed by atoms with Crippen molar-refractivity contribution >= 4 is 17.5 Å². The van der Waals surface area contributed by atoms with E-state index in [1.807, 2.05) is 6.07 Å². The Bertz CT molecular complexity index is 442. The predicted molar refractivity (Wildman–Crippen MR) is 81.2 cm³/mol. The normalized spacial score (nSPS) is 18.1. The van der Waals surface area contributed by atoms with Crippen LogP contribution in [-0.2, 0) is 4.79 Å². The van der Waals surface area contributed by atoms with Gasteiger partial charge in [0, 0.05) is 11.1 Å². The minimum absolute atomic E-state index is 0.0446. The van der Waals surface area contributed by atoms with Gasteiger partial charge < -0.3 is 10.1 Å². The smallest absolute Gasteiger partial charge is 0.260 e. The van der Waals surface area contributed by atoms with Crippen LogP contribution in [0.4, 0.5) is 0 Å². The first-order valence-corrected chi connectivity index (χ1v) is 7.75. The van der Waals surface area contributed by atoms with Crippen LogP contribution < -0.4 is 10.1 Å². The topological polar surface area (TPSA) is 38.3 Å². The van der Waals surface area contributed by atoms with Gasteiger partial charge in [-0.15, -0.1) is 0 Å². The Kier molecular flexibility index (Phi) is 5.72. The van der Waals surface area contributed by atoms with E-state index in [-0.39, 0.29) is 5.91 Å². The summed E-state index contributed by atoms with van der Waals surface area (Å²) >= 11 is 5.90. The molecule has 1 N–H and O–H groups in total. The zero-order chi connectivity index (χ0) is 14.4. The number of hydrogen-bond acceptors (Lipinski definition) is 2. The van der Waals surface area contributed by atoms with Crippen LogP contribution in [0.2, 0.25) is 5.02 Å². The molecule has 1 atom stereocenters. The summed E-state index contributed by atoms with van der Waals surface area (Å²) in [6.07, 6.45) is 6.62. The van der Waals surface area contributed by atoms with E-state index in [0.29, 0.717) is 16.8 Å². The lowest BCUT2D eigenvalue weighted by Crippen LogP contribution is -2.42. The summed E-state index contributed by atoms with van der Waals surface area (Å²) in [4.78, 5) is 12.1. The van der Waals surface area contributed by atoms with Crippen molar-refractivity contribution in [3.05, 3.63) is 29.3 Å². The van der Waals surface area contributed by atoms with Crippen LogP contribution in [-0.4, -0.2) is 18.1 Å². The largest absolute Gasteiger partial charge is 0.481 e. The van der Waals surface area contributed by atoms with E-state index < -0.39 is 6.10 Å². The fourth-order valence-electron chi connectivity index (χ4n) is 2.54. The molecule has 0 saturated heterocycles. The number of hydrogen-bond donors (Lipinski definition) is 1. The highest BCUT2D eigenvalue weighted by Crippen LogP contribution is 2.19. The Hall–Kier alpha value is -1.22. The Morgan fingerprint density at radius 2 is 2.00 bits per heavy atom. The maximum atomic E-state index is 12.1. The number of nitrogens with one attached hydrogen (secondary N) is 1. The number of carbonyl (C=O) groups is 1. The Morgan fingerprint density at radius 1 is 1.30 bits per heavy atom. The third-order valence-corrected chi connectivity index (χ3v) is 3.91. The monoisotopic (exact) mass is 295 g/mol. The van der Waals surface area contributed by atoms with Gasteiger partial charge in [0.15, 0.2) is 6.10 Å². The molecule has 1 amide bonds. The van der Waals surface area contributed by atoms with Crippen LogP contribution in [0, 0.1) is 0 Å². The zero-order valence-electron chi connectivity index (χ0n) is 11.9. The lowest BCUT2D eigenvalue weighted by atomic mass is 10.1. The molecule has 2 rings (SSSR count). The maximum Gasteiger partial charge on any atom is 0.260 e. The van der Waals surface area contributed by atoms with Crippen LogP contribution in [0.25, 0.3) is 0 Å². The van der Waals surface area contributed by atoms with Crippen molar-refractivity contribution in [2.45, 2.75) is 57.6 Å². The van der Waals surface area contributed by atoms with Gasteiger partial charge in [-0.1, -0.05) is 43.4 Å². The molecule has 1 aromatic carbocycles. The summed E-state index contributed by atoms with van der Waals surface area (Å²) < 4.78 is 5.63. The van der Waals surface area contributed by atoms with Gasteiger partial charge in [-0.2, -0.15) is 0 Å². The molecule has 1 aliphatic carbocycles. The Labute approximate surface area is 125 Å². The Balaban J connectivity index is 1.85. The molecule has 1 saturated carbocycles. The average Bonchev–Trinajstić information content (AvgIpc) is 2.67. The van der Waals surface area contributed by atoms with Crippen molar-refractivity contribution in [2.24, 2.45) is 0 Å². The number of amides is 1. The van der Waals surface area contributed by atoms with E-state index in [1.165, 1.54) is 25.7 Å². The molecule has 1 aliphatic rings. The van der Waals surface area contributed by atoms with Gasteiger partial charge in [0.05, 0.1) is 0 Å². The molecule has 0 aromatic heterocycles. The van der Waals surface area contributed by atoms with Crippen molar-refractivity contribution in [3.63, 3.8) is 0 Å². The second-order valence-corrected chi connectivity index (χ2v) is 5.85. The van der Waals surface area contributed by atoms with Crippen LogP contribution in [0.3, 0.4) is 0 Å². The molecule has 0 bridgehead atoms. The van der Waals surface area contributed by atoms with E-state index >= 15 is 0 Å². The highest BCUT2D eigenvalue weighted by molar-refractivity contribution is 6.30. The second kappa shape index (κ2) is 7.53. The number of benzene rings is 1. The molecule has 0 spiro atoms. The summed E-state index contributed by atoms with van der Waals surface area (Å²) in [6, 6.07) is 7.42. The van der Waals surface area contributed by atoms with Gasteiger partial charge in [0.2, 0.25) is 0 Å². The molecule has 1 aromatic rings. The summed E-state index contributed by atoms with van der Waals surface area (Å²) in [6.45, 7) is 1.77. The van der Waals surface area contributed by atoms with Gasteiger partial charge in [0.1, 0.15) is 5.75 Å². The highest BCUT2D eigenvalue weighted by atomic mass is 35.5. The zero-order valence-corrected chi connectivity index (χ0v) is 12.7. The summed E-state index contributed by atoms with van der Waals surface area (Å²) in [7, 11) is 0. The fraction of sp³-hybridized carbons (Fsp3) is 0.562. The molecule has 20 heavy (non-hydrogen) atoms. The second-order valence-electron chi connectivity index (χ2n) is 5.41. The van der Waals surface area contributed by atoms with Gasteiger partial charge >= 0.3 is 0 Å². The SMILES string of the molecule is C[C@@H](Oc1cccc(Cl)c1)C(=O)NC1CCCCCC1. The molecule has 0 heterocycles. The number of rotatable bonds is 4. The van der Waals surface area contributed by atoms with Gasteiger partial charge in [-0.05, 0) is 38.0 Å². The lowest BCUT2D eigenvalue weighted by Gasteiger charge is -2.20. The summed E-state index contributed by atoms with van der Waals surface area (Å²) in [5, 5.41) is 3.71. The van der Waals surface area contributed by atoms with Crippen LogP contribution in [0.15, 0.2) is 24.3 Å². The lowest BCUT2D eigenvalue weighted by molar-refractivity contribution is -0.128. The molecule has 110 valence electrons. The molecule has 3 nitrogen and oxygen atoms in total. The minimum atomic E-state index is -0.503. The minimum Gasteiger partial charge on any atom is -0.481 e. The third kappa shape index (κ3) is 4.71. The van der Waals surface area contributed by atoms with Crippen LogP contribution in [0.5, 0.6) is 5.75 Å². The average molecular weight is 296 g/mol. The first-order valence-electron chi connectivity index (χ1n) is 7.38. The summed E-state index contributed by atoms with van der Waals surface area (Å²) in [5.74, 6) is 0.581. The quantitative estimate of drug-likeness (QED) is 0.854. The Morgan fingerprint density at radius 3 is 2.65 bits per heavy atom. The van der Waals surface area contributed by atoms with Crippen molar-refractivity contribution in [2.75, 3.05) is 0 Å². The van der Waals surface area contributed by atoms with Crippen molar-refractivity contribution in [1.29, 1.82) is 0 Å². The van der Waals surface area contributed by atoms with E-state index in [4.69, 9.17) is 16.3 Å². The maximum absolute atomic E-state index is 12.1. The van der Waals surface area contributed by atoms with Crippen molar-refractivity contribution in [1.82, 2.24) is 5.32 Å². The molecule has 1 fully saturated rings. The van der Waals surface area contributed by atoms with Gasteiger partial charge in [-0.3, -0.25) is 4.79 Å². The third-order valence-electron chi connectivity index (χ3n) is 3.68. The molecular weight excluding hydrogens is 274 g/mol. The fourth-order valence-corrected chi connectivity index (χ4v) is 2.72. The number of halogens is 1. The van der Waals surface area contributed by atoms with Crippen LogP contribution >= 0.6 is 11.6 Å². The standard InChI is InChI=1S/C16H22ClNO2/c1-12(20-15-10-6-7-13(17)11-15)16(19)18-14-8-4-2-3-5-9-14/h6-7,10-12,14H,2-5,8-9H2,1H3,(H,18,19)/t12-/m1/s1. The van der Waals surface area contributed by atoms with E-state index in [2.05, 4.69) is 5.32 Å². The molecule has 0 unspecified atom stereocenters.